The number of ether oxygens (including phenoxy) is 1. The van der Waals surface area contributed by atoms with Crippen molar-refractivity contribution in [2.24, 2.45) is 4.99 Å². The number of nitrogens with zero attached hydrogens (tertiary/aromatic N) is 2. The van der Waals surface area contributed by atoms with E-state index in [1.807, 2.05) is 18.0 Å². The summed E-state index contributed by atoms with van der Waals surface area (Å²) < 4.78 is 19.5. The highest BCUT2D eigenvalue weighted by Crippen LogP contribution is 2.33. The van der Waals surface area contributed by atoms with Gasteiger partial charge in [0.15, 0.2) is 5.82 Å². The molecule has 0 fully saturated rings. The molecule has 0 amide bonds. The molecule has 126 valence electrons. The molecule has 0 radical (unpaired) electrons. The van der Waals surface area contributed by atoms with E-state index in [1.165, 1.54) is 6.07 Å². The number of fused-ring (bicyclic) bond motifs is 1. The zero-order valence-corrected chi connectivity index (χ0v) is 14.1. The number of benzene rings is 2. The fraction of sp³-hybridized carbons (Fsp3) is 0.235. The highest BCUT2D eigenvalue weighted by atomic mass is 35.5. The van der Waals surface area contributed by atoms with E-state index in [2.05, 4.69) is 10.3 Å². The lowest BCUT2D eigenvalue weighted by atomic mass is 10.0. The second-order valence-corrected chi connectivity index (χ2v) is 5.82. The summed E-state index contributed by atoms with van der Waals surface area (Å²) in [6.07, 6.45) is 0. The van der Waals surface area contributed by atoms with Crippen LogP contribution >= 0.6 is 11.6 Å². The van der Waals surface area contributed by atoms with Crippen molar-refractivity contribution in [1.29, 1.82) is 0 Å². The number of halogens is 2. The van der Waals surface area contributed by atoms with Crippen LogP contribution < -0.4 is 15.0 Å². The fourth-order valence-corrected chi connectivity index (χ4v) is 2.78. The molecule has 0 aliphatic carbocycles. The minimum absolute atomic E-state index is 0.0412. The van der Waals surface area contributed by atoms with E-state index >= 15 is 0 Å². The number of aliphatic hydroxyl groups excluding tert-OH is 1. The first-order valence-corrected chi connectivity index (χ1v) is 7.71. The molecule has 0 spiro atoms. The fourth-order valence-electron chi connectivity index (χ4n) is 2.61. The van der Waals surface area contributed by atoms with E-state index in [0.717, 1.165) is 11.3 Å². The predicted molar refractivity (Wildman–Crippen MR) is 93.8 cm³/mol. The highest BCUT2D eigenvalue weighted by Gasteiger charge is 2.22. The van der Waals surface area contributed by atoms with Crippen molar-refractivity contribution in [2.75, 3.05) is 31.0 Å². The largest absolute Gasteiger partial charge is 0.496 e. The third-order valence-corrected chi connectivity index (χ3v) is 4.17. The minimum atomic E-state index is -0.529. The Morgan fingerprint density at radius 1 is 1.42 bits per heavy atom. The molecule has 5 nitrogen and oxygen atoms in total. The lowest BCUT2D eigenvalue weighted by molar-refractivity contribution is 0.274. The number of hydrogen-bond donors (Lipinski definition) is 2. The van der Waals surface area contributed by atoms with Gasteiger partial charge in [0.25, 0.3) is 0 Å². The van der Waals surface area contributed by atoms with Gasteiger partial charge in [0.2, 0.25) is 0 Å². The van der Waals surface area contributed by atoms with Crippen LogP contribution in [-0.4, -0.2) is 31.8 Å². The molecule has 24 heavy (non-hydrogen) atoms. The van der Waals surface area contributed by atoms with Crippen LogP contribution in [0.1, 0.15) is 11.1 Å². The highest BCUT2D eigenvalue weighted by molar-refractivity contribution is 6.31. The van der Waals surface area contributed by atoms with E-state index in [-0.39, 0.29) is 17.3 Å². The summed E-state index contributed by atoms with van der Waals surface area (Å²) >= 11 is 5.83. The first-order chi connectivity index (χ1) is 11.5. The number of anilines is 2. The average Bonchev–Trinajstić information content (AvgIpc) is 2.60. The van der Waals surface area contributed by atoms with Gasteiger partial charge in [-0.05, 0) is 18.2 Å². The molecule has 0 saturated carbocycles. The number of nitrogens with one attached hydrogen (secondary N) is 1. The van der Waals surface area contributed by atoms with Gasteiger partial charge in [-0.25, -0.2) is 9.38 Å². The summed E-state index contributed by atoms with van der Waals surface area (Å²) in [6.45, 7) is 0.248. The van der Waals surface area contributed by atoms with Gasteiger partial charge >= 0.3 is 0 Å². The maximum atomic E-state index is 14.2. The molecule has 1 heterocycles. The number of aliphatic imine (C=N–C) groups is 1. The molecule has 2 N–H and O–H groups in total. The standard InChI is InChI=1S/C17H17ClFN3O2/c1-22-9-20-17(21-13-5-3-4-12(18)16(13)19)11-6-10(8-23)15(24-2)7-14(11)22/h3-7,23H,8-9H2,1-2H3,(H,20,21). The Balaban J connectivity index is 2.04. The van der Waals surface area contributed by atoms with Gasteiger partial charge in [-0.15, -0.1) is 0 Å². The monoisotopic (exact) mass is 349 g/mol. The summed E-state index contributed by atoms with van der Waals surface area (Å²) in [5, 5.41) is 12.6. The SMILES string of the molecule is COc1cc2c(cc1CO)C(Nc1cccc(Cl)c1F)=NCN2C. The number of aliphatic hydroxyl groups is 1. The van der Waals surface area contributed by atoms with Gasteiger partial charge < -0.3 is 20.1 Å². The summed E-state index contributed by atoms with van der Waals surface area (Å²) in [5.41, 5.74) is 2.52. The van der Waals surface area contributed by atoms with Crippen molar-refractivity contribution in [3.8, 4) is 5.75 Å². The molecule has 0 unspecified atom stereocenters. The van der Waals surface area contributed by atoms with Crippen molar-refractivity contribution >= 4 is 28.8 Å². The van der Waals surface area contributed by atoms with Crippen molar-refractivity contribution in [2.45, 2.75) is 6.61 Å². The normalized spacial score (nSPS) is 13.4. The molecular weight excluding hydrogens is 333 g/mol. The van der Waals surface area contributed by atoms with Crippen LogP contribution in [0.3, 0.4) is 0 Å². The van der Waals surface area contributed by atoms with Gasteiger partial charge in [0, 0.05) is 24.2 Å². The molecule has 0 aromatic heterocycles. The second kappa shape index (κ2) is 6.67. The molecule has 0 atom stereocenters. The van der Waals surface area contributed by atoms with E-state index < -0.39 is 5.82 Å². The number of hydrogen-bond acceptors (Lipinski definition) is 5. The maximum absolute atomic E-state index is 14.2. The van der Waals surface area contributed by atoms with Crippen LogP contribution in [-0.2, 0) is 6.61 Å². The van der Waals surface area contributed by atoms with Crippen molar-refractivity contribution < 1.29 is 14.2 Å². The first-order valence-electron chi connectivity index (χ1n) is 7.34. The number of rotatable bonds is 3. The summed E-state index contributed by atoms with van der Waals surface area (Å²) in [4.78, 5) is 6.39. The summed E-state index contributed by atoms with van der Waals surface area (Å²) in [5.74, 6) is 0.582. The van der Waals surface area contributed by atoms with Crippen LogP contribution in [0.4, 0.5) is 15.8 Å². The first kappa shape index (κ1) is 16.5. The van der Waals surface area contributed by atoms with Crippen LogP contribution in [0, 0.1) is 5.82 Å². The zero-order chi connectivity index (χ0) is 17.3. The number of amidine groups is 1. The molecule has 1 aliphatic rings. The Labute approximate surface area is 144 Å². The van der Waals surface area contributed by atoms with Crippen LogP contribution in [0.2, 0.25) is 5.02 Å². The predicted octanol–water partition coefficient (Wildman–Crippen LogP) is 3.25. The Bertz CT molecular complexity index is 811. The molecule has 0 saturated heterocycles. The second-order valence-electron chi connectivity index (χ2n) is 5.41. The third kappa shape index (κ3) is 2.90. The van der Waals surface area contributed by atoms with E-state index in [9.17, 15) is 9.50 Å². The molecule has 1 aliphatic heterocycles. The average molecular weight is 350 g/mol. The van der Waals surface area contributed by atoms with Crippen molar-refractivity contribution in [3.63, 3.8) is 0 Å². The van der Waals surface area contributed by atoms with Gasteiger partial charge in [-0.3, -0.25) is 0 Å². The Kier molecular flexibility index (Phi) is 4.59. The Hall–Kier alpha value is -2.31. The smallest absolute Gasteiger partial charge is 0.165 e. The van der Waals surface area contributed by atoms with Gasteiger partial charge in [0.05, 0.1) is 30.1 Å². The maximum Gasteiger partial charge on any atom is 0.165 e. The topological polar surface area (TPSA) is 57.1 Å². The summed E-state index contributed by atoms with van der Waals surface area (Å²) in [7, 11) is 3.45. The molecule has 0 bridgehead atoms. The lowest BCUT2D eigenvalue weighted by Crippen LogP contribution is -2.29. The van der Waals surface area contributed by atoms with Crippen LogP contribution in [0.25, 0.3) is 0 Å². The lowest BCUT2D eigenvalue weighted by Gasteiger charge is -2.28. The third-order valence-electron chi connectivity index (χ3n) is 3.88. The van der Waals surface area contributed by atoms with Crippen molar-refractivity contribution in [3.05, 3.63) is 52.3 Å². The van der Waals surface area contributed by atoms with E-state index in [0.29, 0.717) is 23.8 Å². The van der Waals surface area contributed by atoms with Crippen molar-refractivity contribution in [1.82, 2.24) is 0 Å². The van der Waals surface area contributed by atoms with Crippen LogP contribution in [0.15, 0.2) is 35.3 Å². The molecule has 2 aromatic carbocycles. The van der Waals surface area contributed by atoms with E-state index in [4.69, 9.17) is 16.3 Å². The Morgan fingerprint density at radius 3 is 2.92 bits per heavy atom. The molecule has 7 heteroatoms. The summed E-state index contributed by atoms with van der Waals surface area (Å²) in [6, 6.07) is 8.38. The zero-order valence-electron chi connectivity index (χ0n) is 13.3. The van der Waals surface area contributed by atoms with Gasteiger partial charge in [-0.2, -0.15) is 0 Å². The molecular formula is C17H17ClFN3O2. The molecule has 2 aromatic rings. The van der Waals surface area contributed by atoms with E-state index in [1.54, 1.807) is 25.3 Å². The number of methoxy groups -OCH3 is 1. The quantitative estimate of drug-likeness (QED) is 0.893. The molecule has 3 rings (SSSR count). The minimum Gasteiger partial charge on any atom is -0.496 e. The van der Waals surface area contributed by atoms with Gasteiger partial charge in [0.1, 0.15) is 18.3 Å². The van der Waals surface area contributed by atoms with Crippen LogP contribution in [0.5, 0.6) is 5.75 Å². The van der Waals surface area contributed by atoms with Gasteiger partial charge in [-0.1, -0.05) is 17.7 Å². The Morgan fingerprint density at radius 2 is 2.21 bits per heavy atom.